The van der Waals surface area contributed by atoms with Crippen molar-refractivity contribution in [1.82, 2.24) is 25.4 Å². The third-order valence-electron chi connectivity index (χ3n) is 5.23. The van der Waals surface area contributed by atoms with E-state index >= 15 is 0 Å². The fraction of sp³-hybridized carbons (Fsp3) is 0.381. The van der Waals surface area contributed by atoms with Crippen LogP contribution in [0.5, 0.6) is 0 Å². The first kappa shape index (κ1) is 19.0. The van der Waals surface area contributed by atoms with Crippen LogP contribution in [0.15, 0.2) is 41.2 Å². The van der Waals surface area contributed by atoms with Gasteiger partial charge in [-0.3, -0.25) is 9.78 Å². The second kappa shape index (κ2) is 8.38. The zero-order valence-electron chi connectivity index (χ0n) is 16.6. The number of nitrogens with zero attached hydrogens (tertiary/aromatic N) is 4. The van der Waals surface area contributed by atoms with Crippen molar-refractivity contribution in [2.75, 3.05) is 5.32 Å². The van der Waals surface area contributed by atoms with Crippen molar-refractivity contribution in [1.29, 1.82) is 0 Å². The van der Waals surface area contributed by atoms with E-state index in [4.69, 9.17) is 4.52 Å². The molecule has 1 saturated carbocycles. The van der Waals surface area contributed by atoms with Gasteiger partial charge in [0, 0.05) is 30.0 Å². The van der Waals surface area contributed by atoms with E-state index in [1.165, 1.54) is 0 Å². The summed E-state index contributed by atoms with van der Waals surface area (Å²) in [5, 5.41) is 10.4. The second-order valence-electron chi connectivity index (χ2n) is 7.38. The molecule has 0 unspecified atom stereocenters. The highest BCUT2D eigenvalue weighted by Crippen LogP contribution is 2.23. The Labute approximate surface area is 169 Å². The molecule has 3 aromatic rings. The Morgan fingerprint density at radius 2 is 1.97 bits per heavy atom. The molecule has 3 heterocycles. The molecule has 3 aromatic heterocycles. The molecule has 0 aromatic carbocycles. The first-order valence-electron chi connectivity index (χ1n) is 9.80. The smallest absolute Gasteiger partial charge is 0.224 e. The zero-order chi connectivity index (χ0) is 20.2. The summed E-state index contributed by atoms with van der Waals surface area (Å²) in [6.45, 7) is 3.69. The van der Waals surface area contributed by atoms with Gasteiger partial charge in [0.1, 0.15) is 5.76 Å². The largest absolute Gasteiger partial charge is 0.361 e. The highest BCUT2D eigenvalue weighted by atomic mass is 16.5. The van der Waals surface area contributed by atoms with Crippen LogP contribution in [0, 0.1) is 13.8 Å². The predicted octanol–water partition coefficient (Wildman–Crippen LogP) is 2.84. The highest BCUT2D eigenvalue weighted by Gasteiger charge is 2.27. The molecule has 1 fully saturated rings. The van der Waals surface area contributed by atoms with E-state index in [1.807, 2.05) is 38.1 Å². The van der Waals surface area contributed by atoms with Crippen molar-refractivity contribution < 1.29 is 9.32 Å². The van der Waals surface area contributed by atoms with Gasteiger partial charge in [0.2, 0.25) is 11.9 Å². The quantitative estimate of drug-likeness (QED) is 0.664. The Morgan fingerprint density at radius 3 is 2.72 bits per heavy atom. The molecule has 1 aliphatic carbocycles. The van der Waals surface area contributed by atoms with Crippen molar-refractivity contribution in [2.24, 2.45) is 0 Å². The summed E-state index contributed by atoms with van der Waals surface area (Å²) in [6.07, 6.45) is 6.49. The van der Waals surface area contributed by atoms with Crippen molar-refractivity contribution in [3.63, 3.8) is 0 Å². The molecule has 4 rings (SSSR count). The van der Waals surface area contributed by atoms with E-state index < -0.39 is 0 Å². The number of aromatic nitrogens is 4. The van der Waals surface area contributed by atoms with Gasteiger partial charge in [-0.1, -0.05) is 11.2 Å². The van der Waals surface area contributed by atoms with E-state index in [0.717, 1.165) is 41.9 Å². The van der Waals surface area contributed by atoms with Gasteiger partial charge < -0.3 is 15.2 Å². The van der Waals surface area contributed by atoms with Crippen LogP contribution in [-0.4, -0.2) is 38.1 Å². The summed E-state index contributed by atoms with van der Waals surface area (Å²) in [5.41, 5.74) is 3.24. The van der Waals surface area contributed by atoms with Gasteiger partial charge in [-0.2, -0.15) is 0 Å². The van der Waals surface area contributed by atoms with Gasteiger partial charge in [-0.25, -0.2) is 9.97 Å². The van der Waals surface area contributed by atoms with E-state index in [9.17, 15) is 4.79 Å². The maximum absolute atomic E-state index is 12.4. The summed E-state index contributed by atoms with van der Waals surface area (Å²) in [4.78, 5) is 25.6. The molecule has 0 aliphatic heterocycles. The number of pyridine rings is 1. The number of nitrogens with one attached hydrogen (secondary N) is 2. The highest BCUT2D eigenvalue weighted by molar-refractivity contribution is 5.79. The van der Waals surface area contributed by atoms with Crippen LogP contribution in [0.3, 0.4) is 0 Å². The first-order chi connectivity index (χ1) is 14.1. The van der Waals surface area contributed by atoms with Crippen molar-refractivity contribution in [3.05, 3.63) is 53.7 Å². The Morgan fingerprint density at radius 1 is 1.10 bits per heavy atom. The molecule has 2 atom stereocenters. The van der Waals surface area contributed by atoms with Crippen LogP contribution in [0.25, 0.3) is 11.4 Å². The third-order valence-corrected chi connectivity index (χ3v) is 5.23. The van der Waals surface area contributed by atoms with Crippen molar-refractivity contribution in [2.45, 2.75) is 51.6 Å². The minimum atomic E-state index is -0.00144. The van der Waals surface area contributed by atoms with E-state index in [-0.39, 0.29) is 18.0 Å². The molecule has 8 nitrogen and oxygen atoms in total. The lowest BCUT2D eigenvalue weighted by molar-refractivity contribution is -0.121. The number of rotatable bonds is 6. The molecular weight excluding hydrogens is 368 g/mol. The maximum Gasteiger partial charge on any atom is 0.224 e. The monoisotopic (exact) mass is 392 g/mol. The summed E-state index contributed by atoms with van der Waals surface area (Å²) in [6, 6.07) is 7.94. The molecule has 0 radical (unpaired) electrons. The Balaban J connectivity index is 1.32. The molecule has 150 valence electrons. The lowest BCUT2D eigenvalue weighted by atomic mass is 10.1. The van der Waals surface area contributed by atoms with E-state index in [1.54, 1.807) is 12.4 Å². The Hall–Kier alpha value is -3.29. The molecule has 1 amide bonds. The number of anilines is 1. The maximum atomic E-state index is 12.4. The molecule has 29 heavy (non-hydrogen) atoms. The SMILES string of the molecule is Cc1noc(C)c1CC(=O)N[C@H]1CC[C@H](Nc2nccc(-c3ccccn3)n2)C1. The molecule has 1 aliphatic rings. The molecule has 0 spiro atoms. The molecule has 0 bridgehead atoms. The van der Waals surface area contributed by atoms with Gasteiger partial charge in [0.05, 0.1) is 23.5 Å². The number of hydrogen-bond donors (Lipinski definition) is 2. The normalized spacial score (nSPS) is 18.6. The number of amides is 1. The second-order valence-corrected chi connectivity index (χ2v) is 7.38. The van der Waals surface area contributed by atoms with Crippen LogP contribution >= 0.6 is 0 Å². The molecule has 2 N–H and O–H groups in total. The minimum Gasteiger partial charge on any atom is -0.361 e. The summed E-state index contributed by atoms with van der Waals surface area (Å²) < 4.78 is 5.13. The summed E-state index contributed by atoms with van der Waals surface area (Å²) in [7, 11) is 0. The van der Waals surface area contributed by atoms with Gasteiger partial charge >= 0.3 is 0 Å². The number of hydrogen-bond acceptors (Lipinski definition) is 7. The fourth-order valence-electron chi connectivity index (χ4n) is 3.70. The van der Waals surface area contributed by atoms with Gasteiger partial charge in [-0.15, -0.1) is 0 Å². The molecular formula is C21H24N6O2. The van der Waals surface area contributed by atoms with Gasteiger partial charge in [-0.05, 0) is 51.3 Å². The lowest BCUT2D eigenvalue weighted by Gasteiger charge is -2.15. The fourth-order valence-corrected chi connectivity index (χ4v) is 3.70. The molecule has 8 heteroatoms. The zero-order valence-corrected chi connectivity index (χ0v) is 16.6. The average Bonchev–Trinajstić information content (AvgIpc) is 3.30. The average molecular weight is 392 g/mol. The third kappa shape index (κ3) is 4.59. The van der Waals surface area contributed by atoms with E-state index in [2.05, 4.69) is 30.7 Å². The van der Waals surface area contributed by atoms with Gasteiger partial charge in [0.15, 0.2) is 0 Å². The molecule has 0 saturated heterocycles. The number of carbonyl (C=O) groups is 1. The van der Waals surface area contributed by atoms with Crippen LogP contribution in [0.2, 0.25) is 0 Å². The summed E-state index contributed by atoms with van der Waals surface area (Å²) >= 11 is 0. The van der Waals surface area contributed by atoms with E-state index in [0.29, 0.717) is 18.1 Å². The number of carbonyl (C=O) groups excluding carboxylic acids is 1. The number of aryl methyl sites for hydroxylation is 2. The van der Waals surface area contributed by atoms with Gasteiger partial charge in [0.25, 0.3) is 0 Å². The standard InChI is InChI=1S/C21H24N6O2/c1-13-17(14(2)29-27-13)12-20(28)24-15-6-7-16(11-15)25-21-23-10-8-19(26-21)18-5-3-4-9-22-18/h3-5,8-10,15-16H,6-7,11-12H2,1-2H3,(H,24,28)(H,23,25,26)/t15-,16-/m0/s1. The van der Waals surface area contributed by atoms with Crippen LogP contribution in [0.4, 0.5) is 5.95 Å². The first-order valence-corrected chi connectivity index (χ1v) is 9.80. The topological polar surface area (TPSA) is 106 Å². The van der Waals surface area contributed by atoms with Crippen LogP contribution < -0.4 is 10.6 Å². The van der Waals surface area contributed by atoms with Crippen molar-refractivity contribution >= 4 is 11.9 Å². The van der Waals surface area contributed by atoms with Crippen LogP contribution in [0.1, 0.15) is 36.3 Å². The Kier molecular flexibility index (Phi) is 5.50. The Bertz CT molecular complexity index is 968. The predicted molar refractivity (Wildman–Crippen MR) is 108 cm³/mol. The van der Waals surface area contributed by atoms with Crippen LogP contribution in [-0.2, 0) is 11.2 Å². The summed E-state index contributed by atoms with van der Waals surface area (Å²) in [5.74, 6) is 1.29. The van der Waals surface area contributed by atoms with Crippen molar-refractivity contribution in [3.8, 4) is 11.4 Å². The lowest BCUT2D eigenvalue weighted by Crippen LogP contribution is -2.35. The minimum absolute atomic E-state index is 0.00144.